The van der Waals surface area contributed by atoms with Crippen LogP contribution in [0, 0.1) is 0 Å². The maximum atomic E-state index is 12.3. The van der Waals surface area contributed by atoms with Crippen LogP contribution in [0.15, 0.2) is 35.8 Å². The van der Waals surface area contributed by atoms with Crippen molar-refractivity contribution >= 4 is 46.3 Å². The van der Waals surface area contributed by atoms with Gasteiger partial charge in [-0.3, -0.25) is 4.79 Å². The lowest BCUT2D eigenvalue weighted by molar-refractivity contribution is -0.115. The molecule has 0 spiro atoms. The highest BCUT2D eigenvalue weighted by atomic mass is 35.5. The van der Waals surface area contributed by atoms with E-state index in [4.69, 9.17) is 23.2 Å². The molecule has 3 rings (SSSR count). The number of nitrogens with zero attached hydrogens (tertiary/aromatic N) is 3. The summed E-state index contributed by atoms with van der Waals surface area (Å²) < 4.78 is 1.68. The summed E-state index contributed by atoms with van der Waals surface area (Å²) in [6, 6.07) is 7.19. The molecule has 5 nitrogen and oxygen atoms in total. The van der Waals surface area contributed by atoms with E-state index in [2.05, 4.69) is 29.2 Å². The SMILES string of the molecule is CC(C)c1nc(CC(=O)Nc2ccnn2Cc2cccc(Cl)c2Cl)cs1. The standard InChI is InChI=1S/C18H18Cl2N4OS/c1-11(2)18-22-13(10-26-18)8-16(25)23-15-6-7-21-24(15)9-12-4-3-5-14(19)17(12)20/h3-7,10-11H,8-9H2,1-2H3,(H,23,25). The normalized spacial score (nSPS) is 11.1. The number of amides is 1. The number of anilines is 1. The van der Waals surface area contributed by atoms with Crippen molar-refractivity contribution in [3.05, 3.63) is 62.2 Å². The number of carbonyl (C=O) groups is 1. The molecular formula is C18H18Cl2N4OS. The van der Waals surface area contributed by atoms with Gasteiger partial charge in [-0.1, -0.05) is 49.2 Å². The lowest BCUT2D eigenvalue weighted by Gasteiger charge is -2.10. The molecule has 8 heteroatoms. The number of benzene rings is 1. The van der Waals surface area contributed by atoms with E-state index in [-0.39, 0.29) is 12.3 Å². The first-order chi connectivity index (χ1) is 12.4. The van der Waals surface area contributed by atoms with Gasteiger partial charge in [0.25, 0.3) is 0 Å². The third-order valence-electron chi connectivity index (χ3n) is 3.74. The topological polar surface area (TPSA) is 59.8 Å². The van der Waals surface area contributed by atoms with Crippen LogP contribution >= 0.6 is 34.5 Å². The summed E-state index contributed by atoms with van der Waals surface area (Å²) in [5.74, 6) is 0.829. The maximum absolute atomic E-state index is 12.3. The molecule has 0 radical (unpaired) electrons. The molecule has 1 aromatic carbocycles. The molecular weight excluding hydrogens is 391 g/mol. The van der Waals surface area contributed by atoms with E-state index in [1.54, 1.807) is 34.3 Å². The van der Waals surface area contributed by atoms with Gasteiger partial charge in [-0.15, -0.1) is 11.3 Å². The summed E-state index contributed by atoms with van der Waals surface area (Å²) in [7, 11) is 0. The molecule has 0 aliphatic heterocycles. The Balaban J connectivity index is 1.68. The van der Waals surface area contributed by atoms with E-state index < -0.39 is 0 Å². The molecule has 136 valence electrons. The van der Waals surface area contributed by atoms with Gasteiger partial charge < -0.3 is 5.32 Å². The highest BCUT2D eigenvalue weighted by Crippen LogP contribution is 2.26. The van der Waals surface area contributed by atoms with Crippen molar-refractivity contribution < 1.29 is 4.79 Å². The fourth-order valence-corrected chi connectivity index (χ4v) is 3.63. The maximum Gasteiger partial charge on any atom is 0.231 e. The van der Waals surface area contributed by atoms with Gasteiger partial charge in [0.15, 0.2) is 0 Å². The van der Waals surface area contributed by atoms with Gasteiger partial charge in [-0.25, -0.2) is 9.67 Å². The summed E-state index contributed by atoms with van der Waals surface area (Å²) in [6.45, 7) is 4.58. The molecule has 3 aromatic rings. The Hall–Kier alpha value is -1.89. The van der Waals surface area contributed by atoms with Gasteiger partial charge >= 0.3 is 0 Å². The fourth-order valence-electron chi connectivity index (χ4n) is 2.42. The minimum Gasteiger partial charge on any atom is -0.311 e. The Morgan fingerprint density at radius 3 is 2.85 bits per heavy atom. The van der Waals surface area contributed by atoms with E-state index in [9.17, 15) is 4.79 Å². The van der Waals surface area contributed by atoms with Crippen molar-refractivity contribution in [2.75, 3.05) is 5.32 Å². The van der Waals surface area contributed by atoms with Crippen LogP contribution in [0.5, 0.6) is 0 Å². The van der Waals surface area contributed by atoms with Crippen LogP contribution in [0.1, 0.15) is 36.0 Å². The zero-order valence-corrected chi connectivity index (χ0v) is 16.7. The molecule has 0 aliphatic carbocycles. The molecule has 0 atom stereocenters. The predicted molar refractivity (Wildman–Crippen MR) is 106 cm³/mol. The smallest absolute Gasteiger partial charge is 0.231 e. The van der Waals surface area contributed by atoms with Crippen LogP contribution in [-0.2, 0) is 17.8 Å². The van der Waals surface area contributed by atoms with Crippen molar-refractivity contribution in [2.24, 2.45) is 0 Å². The Morgan fingerprint density at radius 1 is 1.31 bits per heavy atom. The zero-order chi connectivity index (χ0) is 18.7. The molecule has 0 saturated carbocycles. The van der Waals surface area contributed by atoms with Crippen molar-refractivity contribution in [3.63, 3.8) is 0 Å². The summed E-state index contributed by atoms with van der Waals surface area (Å²) in [4.78, 5) is 16.8. The van der Waals surface area contributed by atoms with Crippen LogP contribution in [0.4, 0.5) is 5.82 Å². The molecule has 0 saturated heterocycles. The molecule has 2 heterocycles. The number of thiazole rings is 1. The summed E-state index contributed by atoms with van der Waals surface area (Å²) in [5, 5.41) is 11.1. The number of hydrogen-bond donors (Lipinski definition) is 1. The first-order valence-corrected chi connectivity index (χ1v) is 9.76. The summed E-state index contributed by atoms with van der Waals surface area (Å²) in [6.07, 6.45) is 1.86. The van der Waals surface area contributed by atoms with Gasteiger partial charge in [0.2, 0.25) is 5.91 Å². The fraction of sp³-hybridized carbons (Fsp3) is 0.278. The first kappa shape index (κ1) is 18.9. The van der Waals surface area contributed by atoms with E-state index in [1.165, 1.54) is 0 Å². The lowest BCUT2D eigenvalue weighted by atomic mass is 10.2. The van der Waals surface area contributed by atoms with Crippen molar-refractivity contribution in [1.82, 2.24) is 14.8 Å². The van der Waals surface area contributed by atoms with E-state index >= 15 is 0 Å². The van der Waals surface area contributed by atoms with Gasteiger partial charge in [0.1, 0.15) is 5.82 Å². The summed E-state index contributed by atoms with van der Waals surface area (Å²) >= 11 is 13.9. The van der Waals surface area contributed by atoms with E-state index in [0.717, 1.165) is 16.3 Å². The molecule has 26 heavy (non-hydrogen) atoms. The number of halogens is 2. The van der Waals surface area contributed by atoms with Crippen molar-refractivity contribution in [2.45, 2.75) is 32.7 Å². The average Bonchev–Trinajstić information content (AvgIpc) is 3.22. The highest BCUT2D eigenvalue weighted by Gasteiger charge is 2.13. The minimum absolute atomic E-state index is 0.135. The number of nitrogens with one attached hydrogen (secondary N) is 1. The number of hydrogen-bond acceptors (Lipinski definition) is 4. The van der Waals surface area contributed by atoms with Gasteiger partial charge in [-0.05, 0) is 11.6 Å². The molecule has 0 aliphatic rings. The first-order valence-electron chi connectivity index (χ1n) is 8.13. The summed E-state index contributed by atoms with van der Waals surface area (Å²) in [5.41, 5.74) is 1.61. The Bertz CT molecular complexity index is 920. The average molecular weight is 409 g/mol. The molecule has 0 fully saturated rings. The zero-order valence-electron chi connectivity index (χ0n) is 14.4. The van der Waals surface area contributed by atoms with Gasteiger partial charge in [0, 0.05) is 17.4 Å². The minimum atomic E-state index is -0.135. The van der Waals surface area contributed by atoms with Crippen molar-refractivity contribution in [1.29, 1.82) is 0 Å². The van der Waals surface area contributed by atoms with Crippen LogP contribution < -0.4 is 5.32 Å². The lowest BCUT2D eigenvalue weighted by Crippen LogP contribution is -2.18. The number of rotatable bonds is 6. The third-order valence-corrected chi connectivity index (χ3v) is 5.79. The van der Waals surface area contributed by atoms with E-state index in [0.29, 0.717) is 28.3 Å². The van der Waals surface area contributed by atoms with Crippen LogP contribution in [-0.4, -0.2) is 20.7 Å². The molecule has 1 amide bonds. The second-order valence-corrected chi connectivity index (χ2v) is 7.82. The Morgan fingerprint density at radius 2 is 2.12 bits per heavy atom. The van der Waals surface area contributed by atoms with Gasteiger partial charge in [-0.2, -0.15) is 5.10 Å². The second kappa shape index (κ2) is 8.20. The molecule has 0 unspecified atom stereocenters. The number of carbonyl (C=O) groups excluding carboxylic acids is 1. The Kier molecular flexibility index (Phi) is 5.96. The molecule has 0 bridgehead atoms. The van der Waals surface area contributed by atoms with E-state index in [1.807, 2.05) is 17.5 Å². The molecule has 2 aromatic heterocycles. The largest absolute Gasteiger partial charge is 0.311 e. The van der Waals surface area contributed by atoms with Crippen LogP contribution in [0.2, 0.25) is 10.0 Å². The quantitative estimate of drug-likeness (QED) is 0.623. The third kappa shape index (κ3) is 4.44. The van der Waals surface area contributed by atoms with Crippen molar-refractivity contribution in [3.8, 4) is 0 Å². The highest BCUT2D eigenvalue weighted by molar-refractivity contribution is 7.09. The van der Waals surface area contributed by atoms with Crippen LogP contribution in [0.25, 0.3) is 0 Å². The molecule has 1 N–H and O–H groups in total. The number of aromatic nitrogens is 3. The van der Waals surface area contributed by atoms with Crippen LogP contribution in [0.3, 0.4) is 0 Å². The second-order valence-electron chi connectivity index (χ2n) is 6.14. The monoisotopic (exact) mass is 408 g/mol. The van der Waals surface area contributed by atoms with Gasteiger partial charge in [0.05, 0.1) is 39.9 Å². The predicted octanol–water partition coefficient (Wildman–Crippen LogP) is 5.00. The Labute approximate surface area is 166 Å².